The van der Waals surface area contributed by atoms with Crippen LogP contribution in [0.3, 0.4) is 0 Å². The van der Waals surface area contributed by atoms with Gasteiger partial charge in [0, 0.05) is 18.5 Å². The van der Waals surface area contributed by atoms with Crippen molar-refractivity contribution in [1.29, 1.82) is 0 Å². The summed E-state index contributed by atoms with van der Waals surface area (Å²) < 4.78 is 22.1. The lowest BCUT2D eigenvalue weighted by molar-refractivity contribution is 0.598. The number of sulfone groups is 1. The average Bonchev–Trinajstić information content (AvgIpc) is 2.05. The van der Waals surface area contributed by atoms with Gasteiger partial charge in [0.05, 0.1) is 17.6 Å². The van der Waals surface area contributed by atoms with Gasteiger partial charge in [-0.3, -0.25) is 4.98 Å². The van der Waals surface area contributed by atoms with Crippen LogP contribution in [0.5, 0.6) is 0 Å². The molecule has 84 valence electrons. The largest absolute Gasteiger partial charge is 0.380 e. The number of anilines is 1. The van der Waals surface area contributed by atoms with Gasteiger partial charge in [-0.2, -0.15) is 0 Å². The number of pyridine rings is 1. The molecule has 0 saturated carbocycles. The molecule has 1 rings (SSSR count). The second-order valence-corrected chi connectivity index (χ2v) is 6.01. The Kier molecular flexibility index (Phi) is 3.68. The molecule has 1 aromatic rings. The molecule has 15 heavy (non-hydrogen) atoms. The third-order valence-electron chi connectivity index (χ3n) is 1.99. The Balaban J connectivity index is 2.67. The first-order valence-electron chi connectivity index (χ1n) is 4.73. The Morgan fingerprint density at radius 2 is 2.20 bits per heavy atom. The van der Waals surface area contributed by atoms with Crippen molar-refractivity contribution in [2.24, 2.45) is 0 Å². The summed E-state index contributed by atoms with van der Waals surface area (Å²) in [6.07, 6.45) is 4.65. The van der Waals surface area contributed by atoms with E-state index in [1.165, 1.54) is 6.26 Å². The zero-order valence-electron chi connectivity index (χ0n) is 9.19. The van der Waals surface area contributed by atoms with Gasteiger partial charge in [-0.05, 0) is 25.5 Å². The predicted molar refractivity (Wildman–Crippen MR) is 61.8 cm³/mol. The van der Waals surface area contributed by atoms with Crippen molar-refractivity contribution in [2.75, 3.05) is 17.3 Å². The van der Waals surface area contributed by atoms with Crippen LogP contribution in [0, 0.1) is 6.92 Å². The van der Waals surface area contributed by atoms with Gasteiger partial charge in [0.1, 0.15) is 9.84 Å². The molecule has 5 heteroatoms. The van der Waals surface area contributed by atoms with Gasteiger partial charge in [-0.15, -0.1) is 0 Å². The molecule has 0 radical (unpaired) electrons. The van der Waals surface area contributed by atoms with Crippen LogP contribution in [0.1, 0.15) is 12.5 Å². The molecule has 0 aliphatic carbocycles. The van der Waals surface area contributed by atoms with E-state index in [0.717, 1.165) is 11.3 Å². The van der Waals surface area contributed by atoms with Gasteiger partial charge in [-0.1, -0.05) is 0 Å². The molecule has 1 heterocycles. The molecule has 1 N–H and O–H groups in total. The Morgan fingerprint density at radius 1 is 1.53 bits per heavy atom. The Morgan fingerprint density at radius 3 is 2.73 bits per heavy atom. The number of aromatic nitrogens is 1. The number of nitrogens with zero attached hydrogens (tertiary/aromatic N) is 1. The number of nitrogens with one attached hydrogen (secondary N) is 1. The molecule has 0 spiro atoms. The Hall–Kier alpha value is -1.10. The summed E-state index contributed by atoms with van der Waals surface area (Å²) in [6.45, 7) is 3.80. The van der Waals surface area contributed by atoms with Gasteiger partial charge in [0.25, 0.3) is 0 Å². The average molecular weight is 228 g/mol. The third-order valence-corrected chi connectivity index (χ3v) is 3.10. The van der Waals surface area contributed by atoms with Gasteiger partial charge in [-0.25, -0.2) is 8.42 Å². The molecule has 4 nitrogen and oxygen atoms in total. The summed E-state index contributed by atoms with van der Waals surface area (Å²) in [6, 6.07) is 1.78. The van der Waals surface area contributed by atoms with Crippen molar-refractivity contribution in [1.82, 2.24) is 4.98 Å². The first kappa shape index (κ1) is 12.0. The molecule has 1 atom stereocenters. The molecule has 0 aromatic carbocycles. The maximum atomic E-state index is 11.1. The third kappa shape index (κ3) is 4.29. The van der Waals surface area contributed by atoms with Crippen LogP contribution < -0.4 is 5.32 Å². The summed E-state index contributed by atoms with van der Waals surface area (Å²) in [7, 11) is -2.94. The van der Waals surface area contributed by atoms with Crippen molar-refractivity contribution in [2.45, 2.75) is 19.9 Å². The van der Waals surface area contributed by atoms with Crippen LogP contribution in [0.15, 0.2) is 18.5 Å². The van der Waals surface area contributed by atoms with E-state index < -0.39 is 9.84 Å². The molecule has 0 amide bonds. The van der Waals surface area contributed by atoms with Crippen LogP contribution >= 0.6 is 0 Å². The van der Waals surface area contributed by atoms with Gasteiger partial charge >= 0.3 is 0 Å². The zero-order chi connectivity index (χ0) is 11.5. The van der Waals surface area contributed by atoms with Gasteiger partial charge in [0.15, 0.2) is 0 Å². The van der Waals surface area contributed by atoms with Crippen molar-refractivity contribution < 1.29 is 8.42 Å². The highest BCUT2D eigenvalue weighted by Gasteiger charge is 2.10. The number of rotatable bonds is 4. The number of aryl methyl sites for hydroxylation is 1. The fourth-order valence-electron chi connectivity index (χ4n) is 1.38. The number of hydrogen-bond donors (Lipinski definition) is 1. The summed E-state index contributed by atoms with van der Waals surface area (Å²) in [5.41, 5.74) is 1.94. The second-order valence-electron chi connectivity index (χ2n) is 3.83. The van der Waals surface area contributed by atoms with Crippen LogP contribution in [0.25, 0.3) is 0 Å². The van der Waals surface area contributed by atoms with Crippen molar-refractivity contribution in [3.05, 3.63) is 24.0 Å². The van der Waals surface area contributed by atoms with Crippen LogP contribution in [0.4, 0.5) is 5.69 Å². The smallest absolute Gasteiger partial charge is 0.149 e. The quantitative estimate of drug-likeness (QED) is 0.842. The van der Waals surface area contributed by atoms with Crippen molar-refractivity contribution >= 4 is 15.5 Å². The molecule has 0 bridgehead atoms. The fraction of sp³-hybridized carbons (Fsp3) is 0.500. The van der Waals surface area contributed by atoms with E-state index >= 15 is 0 Å². The summed E-state index contributed by atoms with van der Waals surface area (Å²) in [4.78, 5) is 3.98. The molecule has 1 aromatic heterocycles. The van der Waals surface area contributed by atoms with E-state index in [0.29, 0.717) is 0 Å². The Labute approximate surface area is 90.7 Å². The van der Waals surface area contributed by atoms with Crippen LogP contribution in [-0.2, 0) is 9.84 Å². The van der Waals surface area contributed by atoms with Gasteiger partial charge in [0.2, 0.25) is 0 Å². The zero-order valence-corrected chi connectivity index (χ0v) is 10.0. The lowest BCUT2D eigenvalue weighted by Gasteiger charge is -2.15. The molecule has 0 aliphatic rings. The SMILES string of the molecule is Cc1ccncc1NC(C)CS(C)(=O)=O. The summed E-state index contributed by atoms with van der Waals surface area (Å²) in [5.74, 6) is 0.126. The minimum absolute atomic E-state index is 0.108. The van der Waals surface area contributed by atoms with Crippen LogP contribution in [-0.4, -0.2) is 31.5 Å². The standard InChI is InChI=1S/C10H16N2O2S/c1-8-4-5-11-6-10(8)12-9(2)7-15(3,13)14/h4-6,9,12H,7H2,1-3H3. The minimum atomic E-state index is -2.94. The Bertz CT molecular complexity index is 429. The molecule has 0 saturated heterocycles. The monoisotopic (exact) mass is 228 g/mol. The maximum Gasteiger partial charge on any atom is 0.149 e. The minimum Gasteiger partial charge on any atom is -0.380 e. The van der Waals surface area contributed by atoms with E-state index in [4.69, 9.17) is 0 Å². The highest BCUT2D eigenvalue weighted by atomic mass is 32.2. The first-order valence-corrected chi connectivity index (χ1v) is 6.79. The molecule has 0 fully saturated rings. The lowest BCUT2D eigenvalue weighted by atomic mass is 10.2. The topological polar surface area (TPSA) is 59.1 Å². The van der Waals surface area contributed by atoms with E-state index in [-0.39, 0.29) is 11.8 Å². The van der Waals surface area contributed by atoms with E-state index in [1.54, 1.807) is 12.4 Å². The lowest BCUT2D eigenvalue weighted by Crippen LogP contribution is -2.25. The van der Waals surface area contributed by atoms with Crippen LogP contribution in [0.2, 0.25) is 0 Å². The maximum absolute atomic E-state index is 11.1. The summed E-state index contributed by atoms with van der Waals surface area (Å²) >= 11 is 0. The first-order chi connectivity index (χ1) is 6.88. The van der Waals surface area contributed by atoms with Crippen molar-refractivity contribution in [3.8, 4) is 0 Å². The molecule has 0 aliphatic heterocycles. The highest BCUT2D eigenvalue weighted by Crippen LogP contribution is 2.12. The van der Waals surface area contributed by atoms with Crippen molar-refractivity contribution in [3.63, 3.8) is 0 Å². The van der Waals surface area contributed by atoms with E-state index in [9.17, 15) is 8.42 Å². The molecular weight excluding hydrogens is 212 g/mol. The van der Waals surface area contributed by atoms with E-state index in [2.05, 4.69) is 10.3 Å². The molecule has 1 unspecified atom stereocenters. The second kappa shape index (κ2) is 4.61. The number of hydrogen-bond acceptors (Lipinski definition) is 4. The van der Waals surface area contributed by atoms with E-state index in [1.807, 2.05) is 19.9 Å². The predicted octanol–water partition coefficient (Wildman–Crippen LogP) is 1.24. The molecular formula is C10H16N2O2S. The normalized spacial score (nSPS) is 13.5. The van der Waals surface area contributed by atoms with Gasteiger partial charge < -0.3 is 5.32 Å². The summed E-state index contributed by atoms with van der Waals surface area (Å²) in [5, 5.41) is 3.13. The highest BCUT2D eigenvalue weighted by molar-refractivity contribution is 7.90. The fourth-order valence-corrected chi connectivity index (χ4v) is 2.37.